The topological polar surface area (TPSA) is 0 Å². The van der Waals surface area contributed by atoms with Crippen LogP contribution in [0.3, 0.4) is 0 Å². The summed E-state index contributed by atoms with van der Waals surface area (Å²) in [6.07, 6.45) is 0. The molecule has 0 heterocycles. The van der Waals surface area contributed by atoms with Crippen molar-refractivity contribution in [2.75, 3.05) is 0 Å². The van der Waals surface area contributed by atoms with Crippen LogP contribution in [0.25, 0.3) is 0 Å². The second-order valence-electron chi connectivity index (χ2n) is 0.495. The van der Waals surface area contributed by atoms with Gasteiger partial charge in [-0.25, -0.2) is 0 Å². The van der Waals surface area contributed by atoms with Crippen molar-refractivity contribution in [1.29, 1.82) is 0 Å². The predicted molar refractivity (Wildman–Crippen MR) is 29.2 cm³/mol. The van der Waals surface area contributed by atoms with E-state index < -0.39 is 16.3 Å². The van der Waals surface area contributed by atoms with Gasteiger partial charge in [0, 0.05) is 0 Å². The number of hydrogen-bond donors (Lipinski definition) is 0. The minimum absolute atomic E-state index is 0. The van der Waals surface area contributed by atoms with E-state index in [1.165, 1.54) is 0 Å². The first-order chi connectivity index (χ1) is 2.00. The third kappa shape index (κ3) is 30.0. The molecule has 0 aliphatic heterocycles. The maximum atomic E-state index is 5.06. The Balaban J connectivity index is 0. The van der Waals surface area contributed by atoms with Crippen molar-refractivity contribution in [3.05, 3.63) is 0 Å². The second kappa shape index (κ2) is 4.55. The summed E-state index contributed by atoms with van der Waals surface area (Å²) < 4.78 is 0. The second-order valence-corrected chi connectivity index (χ2v) is 39.1. The van der Waals surface area contributed by atoms with Crippen LogP contribution in [0.2, 0.25) is 0 Å². The maximum absolute atomic E-state index is 5.06. The van der Waals surface area contributed by atoms with Crippen molar-refractivity contribution in [3.63, 3.8) is 0 Å². The normalized spacial score (nSPS) is 10.0. The molecule has 0 nitrogen and oxygen atoms in total. The first kappa shape index (κ1) is 11.5. The summed E-state index contributed by atoms with van der Waals surface area (Å²) in [6.45, 7) is 0. The van der Waals surface area contributed by atoms with Crippen LogP contribution in [0.4, 0.5) is 0 Å². The maximum Gasteiger partial charge on any atom is 1.00 e. The summed E-state index contributed by atoms with van der Waals surface area (Å²) in [7, 11) is 20.2. The smallest absolute Gasteiger partial charge is 1.00 e. The zero-order chi connectivity index (χ0) is 4.50. The third-order valence-corrected chi connectivity index (χ3v) is 0. The molecule has 0 N–H and O–H groups in total. The fourth-order valence-electron chi connectivity index (χ4n) is 0. The van der Waals surface area contributed by atoms with E-state index in [0.29, 0.717) is 0 Å². The molecule has 0 rings (SSSR count). The molecule has 6 heavy (non-hydrogen) atoms. The Morgan fingerprint density at radius 2 is 0.833 bits per heavy atom. The summed E-state index contributed by atoms with van der Waals surface area (Å²) in [4.78, 5) is 0. The van der Waals surface area contributed by atoms with Gasteiger partial charge in [-0.1, -0.05) is 0 Å². The molecule has 0 aromatic carbocycles. The van der Waals surface area contributed by atoms with Crippen molar-refractivity contribution in [3.8, 4) is 0 Å². The molecule has 0 saturated carbocycles. The Morgan fingerprint density at radius 3 is 0.833 bits per heavy atom. The van der Waals surface area contributed by atoms with Gasteiger partial charge < -0.3 is 0 Å². The Morgan fingerprint density at radius 1 is 0.833 bits per heavy atom. The van der Waals surface area contributed by atoms with Gasteiger partial charge in [0.25, 0.3) is 0 Å². The largest absolute Gasteiger partial charge is 1.00 e. The molecule has 0 radical (unpaired) electrons. The fraction of sp³-hybridized carbons (Fsp3) is 0. The van der Waals surface area contributed by atoms with E-state index in [-0.39, 0.29) is 18.9 Å². The summed E-state index contributed by atoms with van der Waals surface area (Å²) in [5, 5.41) is 0. The number of halogens is 4. The van der Waals surface area contributed by atoms with E-state index in [1.54, 1.807) is 0 Å². The van der Waals surface area contributed by atoms with Gasteiger partial charge in [-0.3, -0.25) is 0 Å². The monoisotopic (exact) mass is 352 g/mol. The van der Waals surface area contributed by atoms with Crippen LogP contribution in [-0.4, -0.2) is 16.3 Å². The zero-order valence-electron chi connectivity index (χ0n) is 3.09. The van der Waals surface area contributed by atoms with Crippen molar-refractivity contribution >= 4 is 49.5 Å². The standard InChI is InChI=1S/4ClH.Li.Tl/h4*1H;;/q;;;;+1;+3/p-4. The van der Waals surface area contributed by atoms with Gasteiger partial charge in [-0.2, -0.15) is 0 Å². The molecule has 0 aromatic rings. The van der Waals surface area contributed by atoms with E-state index in [1.807, 2.05) is 0 Å². The van der Waals surface area contributed by atoms with Gasteiger partial charge in [0.1, 0.15) is 0 Å². The predicted octanol–water partition coefficient (Wildman–Crippen LogP) is -0.619. The summed E-state index contributed by atoms with van der Waals surface area (Å²) in [6, 6.07) is 0. The van der Waals surface area contributed by atoms with Crippen LogP contribution >= 0.6 is 33.3 Å². The molecule has 0 atom stereocenters. The average Bonchev–Trinajstić information content (AvgIpc) is 0.722. The molecule has 0 saturated heterocycles. The quantitative estimate of drug-likeness (QED) is 0.510. The molecule has 0 aliphatic rings. The van der Waals surface area contributed by atoms with Crippen LogP contribution in [0, 0.1) is 0 Å². The summed E-state index contributed by atoms with van der Waals surface area (Å²) >= 11 is -3.44. The first-order valence-electron chi connectivity index (χ1n) is 0.873. The van der Waals surface area contributed by atoms with Crippen LogP contribution < -0.4 is 18.9 Å². The molecule has 0 aliphatic carbocycles. The SMILES string of the molecule is [Cl][Tl-]([Cl])([Cl])[Cl].[Li+]. The molecule has 6 heteroatoms. The minimum atomic E-state index is -3.44. The Hall–Kier alpha value is 2.68. The van der Waals surface area contributed by atoms with Crippen LogP contribution in [0.5, 0.6) is 0 Å². The van der Waals surface area contributed by atoms with Crippen LogP contribution in [0.15, 0.2) is 0 Å². The van der Waals surface area contributed by atoms with Crippen molar-refractivity contribution in [1.82, 2.24) is 0 Å². The molecular weight excluding hydrogens is 353 g/mol. The fourth-order valence-corrected chi connectivity index (χ4v) is 0. The van der Waals surface area contributed by atoms with Crippen molar-refractivity contribution in [2.45, 2.75) is 0 Å². The number of rotatable bonds is 0. The van der Waals surface area contributed by atoms with Gasteiger partial charge in [-0.15, -0.1) is 0 Å². The Labute approximate surface area is 67.2 Å². The molecule has 0 aromatic heterocycles. The molecule has 0 fully saturated rings. The number of hydrogen-bond acceptors (Lipinski definition) is 0. The van der Waals surface area contributed by atoms with E-state index >= 15 is 0 Å². The van der Waals surface area contributed by atoms with Crippen molar-refractivity contribution in [2.24, 2.45) is 0 Å². The van der Waals surface area contributed by atoms with Crippen molar-refractivity contribution < 1.29 is 18.9 Å². The molecule has 0 spiro atoms. The van der Waals surface area contributed by atoms with Crippen LogP contribution in [-0.2, 0) is 0 Å². The van der Waals surface area contributed by atoms with E-state index in [9.17, 15) is 0 Å². The molecule has 0 amide bonds. The zero-order valence-corrected chi connectivity index (χ0v) is 10.6. The Bertz CT molecular complexity index is 23.0. The van der Waals surface area contributed by atoms with Gasteiger partial charge in [0.05, 0.1) is 0 Å². The molecule has 0 unspecified atom stereocenters. The summed E-state index contributed by atoms with van der Waals surface area (Å²) in [5.41, 5.74) is 0. The minimum Gasteiger partial charge on any atom is 1.00 e. The Kier molecular flexibility index (Phi) is 8.70. The molecular formula is Cl4LiTl. The van der Waals surface area contributed by atoms with Gasteiger partial charge in [0.15, 0.2) is 0 Å². The average molecular weight is 353 g/mol. The summed E-state index contributed by atoms with van der Waals surface area (Å²) in [5.74, 6) is 0. The van der Waals surface area contributed by atoms with E-state index in [0.717, 1.165) is 0 Å². The van der Waals surface area contributed by atoms with E-state index in [2.05, 4.69) is 0 Å². The van der Waals surface area contributed by atoms with Gasteiger partial charge in [0.2, 0.25) is 0 Å². The van der Waals surface area contributed by atoms with Crippen LogP contribution in [0.1, 0.15) is 0 Å². The van der Waals surface area contributed by atoms with Gasteiger partial charge in [-0.05, 0) is 0 Å². The van der Waals surface area contributed by atoms with Gasteiger partial charge >= 0.3 is 68.4 Å². The van der Waals surface area contributed by atoms with E-state index in [4.69, 9.17) is 33.3 Å². The first-order valence-corrected chi connectivity index (χ1v) is 23.0. The third-order valence-electron chi connectivity index (χ3n) is 0. The molecule has 32 valence electrons. The molecule has 0 bridgehead atoms.